The standard InChI is InChI=1S/C10H9NO7/c12-6(10(17)18)2-1-4-7(13)3-5(9(15)16)11-8(4)14/h3H,1-2H2,(H,15,16)(H,17,18)(H2,11,13,14)/p-1. The van der Waals surface area contributed by atoms with Crippen LogP contribution in [0.1, 0.15) is 22.5 Å². The Kier molecular flexibility index (Phi) is 3.82. The number of pyridine rings is 1. The molecule has 0 aromatic carbocycles. The second-order valence-corrected chi connectivity index (χ2v) is 3.39. The highest BCUT2D eigenvalue weighted by Gasteiger charge is 2.14. The second-order valence-electron chi connectivity index (χ2n) is 3.39. The van der Waals surface area contributed by atoms with Crippen LogP contribution < -0.4 is 10.7 Å². The first-order valence-electron chi connectivity index (χ1n) is 4.75. The van der Waals surface area contributed by atoms with E-state index >= 15 is 0 Å². The molecule has 0 atom stereocenters. The zero-order valence-electron chi connectivity index (χ0n) is 8.93. The maximum Gasteiger partial charge on any atom is 0.372 e. The monoisotopic (exact) mass is 254 g/mol. The van der Waals surface area contributed by atoms with Gasteiger partial charge in [0.15, 0.2) is 0 Å². The molecule has 0 aliphatic heterocycles. The van der Waals surface area contributed by atoms with Crippen LogP contribution >= 0.6 is 0 Å². The molecule has 0 saturated carbocycles. The molecule has 0 aliphatic rings. The van der Waals surface area contributed by atoms with Crippen LogP contribution in [-0.2, 0) is 16.0 Å². The number of rotatable bonds is 5. The smallest absolute Gasteiger partial charge is 0.372 e. The van der Waals surface area contributed by atoms with E-state index in [0.29, 0.717) is 6.07 Å². The number of aromatic carboxylic acids is 1. The molecule has 96 valence electrons. The fourth-order valence-electron chi connectivity index (χ4n) is 1.26. The van der Waals surface area contributed by atoms with Crippen LogP contribution in [0.2, 0.25) is 0 Å². The van der Waals surface area contributed by atoms with E-state index in [2.05, 4.69) is 0 Å². The van der Waals surface area contributed by atoms with Crippen molar-refractivity contribution in [2.75, 3.05) is 0 Å². The quantitative estimate of drug-likeness (QED) is 0.555. The van der Waals surface area contributed by atoms with Gasteiger partial charge in [-0.3, -0.25) is 9.59 Å². The average molecular weight is 254 g/mol. The van der Waals surface area contributed by atoms with E-state index in [1.165, 1.54) is 0 Å². The average Bonchev–Trinajstić information content (AvgIpc) is 2.26. The number of carbonyl (C=O) groups is 3. The normalized spacial score (nSPS) is 10.0. The molecule has 0 saturated heterocycles. The number of hydrogen-bond donors (Lipinski definition) is 3. The van der Waals surface area contributed by atoms with E-state index in [4.69, 9.17) is 10.2 Å². The minimum Gasteiger partial charge on any atom is -0.872 e. The third-order valence-electron chi connectivity index (χ3n) is 2.17. The highest BCUT2D eigenvalue weighted by atomic mass is 16.4. The number of carboxylic acids is 2. The van der Waals surface area contributed by atoms with Crippen molar-refractivity contribution in [3.63, 3.8) is 0 Å². The number of nitrogens with one attached hydrogen (secondary N) is 1. The Labute approximate surface area is 99.5 Å². The number of H-pyrrole nitrogens is 1. The van der Waals surface area contributed by atoms with Crippen molar-refractivity contribution in [3.8, 4) is 5.75 Å². The van der Waals surface area contributed by atoms with E-state index in [0.717, 1.165) is 0 Å². The number of carboxylic acid groups (broad SMARTS) is 2. The topological polar surface area (TPSA) is 148 Å². The first kappa shape index (κ1) is 13.4. The Hall–Kier alpha value is -2.64. The summed E-state index contributed by atoms with van der Waals surface area (Å²) in [4.78, 5) is 44.9. The van der Waals surface area contributed by atoms with Crippen molar-refractivity contribution >= 4 is 17.7 Å². The molecular formula is C10H8NO7-. The van der Waals surface area contributed by atoms with E-state index in [-0.39, 0.29) is 12.0 Å². The largest absolute Gasteiger partial charge is 0.872 e. The lowest BCUT2D eigenvalue weighted by Gasteiger charge is -2.12. The summed E-state index contributed by atoms with van der Waals surface area (Å²) in [5.74, 6) is -5.08. The fourth-order valence-corrected chi connectivity index (χ4v) is 1.26. The van der Waals surface area contributed by atoms with Crippen LogP contribution in [0.4, 0.5) is 0 Å². The molecule has 1 rings (SSSR count). The van der Waals surface area contributed by atoms with Gasteiger partial charge in [0.05, 0.1) is 0 Å². The molecule has 1 aromatic heterocycles. The highest BCUT2D eigenvalue weighted by molar-refractivity contribution is 6.32. The van der Waals surface area contributed by atoms with Crippen LogP contribution in [0, 0.1) is 0 Å². The maximum absolute atomic E-state index is 11.4. The molecule has 0 radical (unpaired) electrons. The number of carbonyl (C=O) groups excluding carboxylic acids is 1. The predicted molar refractivity (Wildman–Crippen MR) is 54.4 cm³/mol. The summed E-state index contributed by atoms with van der Waals surface area (Å²) >= 11 is 0. The molecule has 0 spiro atoms. The summed E-state index contributed by atoms with van der Waals surface area (Å²) < 4.78 is 0. The van der Waals surface area contributed by atoms with Gasteiger partial charge in [-0.1, -0.05) is 5.75 Å². The summed E-state index contributed by atoms with van der Waals surface area (Å²) in [6, 6.07) is 0.713. The van der Waals surface area contributed by atoms with Crippen molar-refractivity contribution in [3.05, 3.63) is 27.7 Å². The summed E-state index contributed by atoms with van der Waals surface area (Å²) in [6.07, 6.45) is -0.848. The van der Waals surface area contributed by atoms with E-state index in [1.54, 1.807) is 0 Å². The molecule has 18 heavy (non-hydrogen) atoms. The van der Waals surface area contributed by atoms with Gasteiger partial charge < -0.3 is 20.3 Å². The van der Waals surface area contributed by atoms with Crippen molar-refractivity contribution in [2.45, 2.75) is 12.8 Å². The van der Waals surface area contributed by atoms with E-state index < -0.39 is 41.1 Å². The Morgan fingerprint density at radius 2 is 1.89 bits per heavy atom. The molecule has 3 N–H and O–H groups in total. The van der Waals surface area contributed by atoms with Crippen LogP contribution in [0.3, 0.4) is 0 Å². The molecule has 0 aliphatic carbocycles. The van der Waals surface area contributed by atoms with Crippen molar-refractivity contribution in [2.24, 2.45) is 0 Å². The number of aromatic nitrogens is 1. The zero-order chi connectivity index (χ0) is 13.9. The van der Waals surface area contributed by atoms with Crippen LogP contribution in [0.15, 0.2) is 10.9 Å². The Balaban J connectivity index is 2.98. The molecule has 0 unspecified atom stereocenters. The van der Waals surface area contributed by atoms with Crippen LogP contribution in [0.25, 0.3) is 0 Å². The number of ketones is 1. The van der Waals surface area contributed by atoms with Gasteiger partial charge in [0.2, 0.25) is 5.78 Å². The van der Waals surface area contributed by atoms with Crippen LogP contribution in [-0.4, -0.2) is 32.9 Å². The first-order chi connectivity index (χ1) is 8.32. The minimum atomic E-state index is -1.65. The molecule has 8 heteroatoms. The Morgan fingerprint density at radius 1 is 1.28 bits per heavy atom. The van der Waals surface area contributed by atoms with Crippen molar-refractivity contribution in [1.82, 2.24) is 4.98 Å². The first-order valence-corrected chi connectivity index (χ1v) is 4.75. The fraction of sp³-hybridized carbons (Fsp3) is 0.200. The Bertz CT molecular complexity index is 572. The lowest BCUT2D eigenvalue weighted by Crippen LogP contribution is -2.22. The predicted octanol–water partition coefficient (Wildman–Crippen LogP) is -1.27. The number of aliphatic carboxylic acids is 1. The van der Waals surface area contributed by atoms with Crippen molar-refractivity contribution < 1.29 is 29.7 Å². The third-order valence-corrected chi connectivity index (χ3v) is 2.17. The molecule has 0 amide bonds. The van der Waals surface area contributed by atoms with Gasteiger partial charge in [-0.05, 0) is 12.5 Å². The van der Waals surface area contributed by atoms with E-state index in [9.17, 15) is 24.3 Å². The molecular weight excluding hydrogens is 246 g/mol. The molecule has 8 nitrogen and oxygen atoms in total. The molecule has 0 fully saturated rings. The molecule has 1 aromatic rings. The van der Waals surface area contributed by atoms with Gasteiger partial charge in [0, 0.05) is 12.0 Å². The highest BCUT2D eigenvalue weighted by Crippen LogP contribution is 2.12. The van der Waals surface area contributed by atoms with Gasteiger partial charge in [-0.2, -0.15) is 0 Å². The lowest BCUT2D eigenvalue weighted by atomic mass is 10.1. The van der Waals surface area contributed by atoms with E-state index in [1.807, 2.05) is 4.98 Å². The van der Waals surface area contributed by atoms with Gasteiger partial charge in [-0.25, -0.2) is 9.59 Å². The summed E-state index contributed by atoms with van der Waals surface area (Å²) in [7, 11) is 0. The second kappa shape index (κ2) is 5.13. The van der Waals surface area contributed by atoms with Gasteiger partial charge in [0.1, 0.15) is 5.69 Å². The maximum atomic E-state index is 11.4. The van der Waals surface area contributed by atoms with Crippen LogP contribution in [0.5, 0.6) is 5.75 Å². The lowest BCUT2D eigenvalue weighted by molar-refractivity contribution is -0.269. The number of aromatic amines is 1. The minimum absolute atomic E-state index is 0.338. The summed E-state index contributed by atoms with van der Waals surface area (Å²) in [5.41, 5.74) is -1.83. The zero-order valence-corrected chi connectivity index (χ0v) is 8.93. The number of hydrogen-bond acceptors (Lipinski definition) is 5. The van der Waals surface area contributed by atoms with Gasteiger partial charge in [0.25, 0.3) is 5.56 Å². The third kappa shape index (κ3) is 2.94. The SMILES string of the molecule is O=C(O)C(=O)CCc1c([O-])cc(C(=O)O)[nH]c1=O. The van der Waals surface area contributed by atoms with Crippen molar-refractivity contribution in [1.29, 1.82) is 0 Å². The van der Waals surface area contributed by atoms with Gasteiger partial charge >= 0.3 is 11.9 Å². The van der Waals surface area contributed by atoms with Gasteiger partial charge in [-0.15, -0.1) is 0 Å². The molecule has 0 bridgehead atoms. The molecule has 1 heterocycles. The summed E-state index contributed by atoms with van der Waals surface area (Å²) in [6.45, 7) is 0. The summed E-state index contributed by atoms with van der Waals surface area (Å²) in [5, 5.41) is 28.3. The number of Topliss-reactive ketones (excluding diaryl/α,β-unsaturated/α-hetero) is 1. The Morgan fingerprint density at radius 3 is 2.33 bits per heavy atom.